The first-order chi connectivity index (χ1) is 8.82. The molecule has 0 radical (unpaired) electrons. The van der Waals surface area contributed by atoms with Gasteiger partial charge in [0.15, 0.2) is 0 Å². The van der Waals surface area contributed by atoms with Gasteiger partial charge in [-0.15, -0.1) is 0 Å². The van der Waals surface area contributed by atoms with Gasteiger partial charge in [0.05, 0.1) is 0 Å². The molecular weight excluding hydrogens is 244 g/mol. The van der Waals surface area contributed by atoms with Gasteiger partial charge in [0.25, 0.3) is 0 Å². The Labute approximate surface area is 112 Å². The fourth-order valence-electron chi connectivity index (χ4n) is 1.50. The first kappa shape index (κ1) is 14.7. The van der Waals surface area contributed by atoms with Gasteiger partial charge in [0, 0.05) is 0 Å². The Morgan fingerprint density at radius 3 is 1.53 bits per heavy atom. The van der Waals surface area contributed by atoms with Gasteiger partial charge >= 0.3 is 0 Å². The normalized spacial score (nSPS) is 9.63. The number of hydrogen-bond donors (Lipinski definition) is 4. The molecule has 19 heavy (non-hydrogen) atoms. The van der Waals surface area contributed by atoms with Crippen LogP contribution < -0.4 is 0 Å². The van der Waals surface area contributed by atoms with Crippen molar-refractivity contribution in [2.75, 3.05) is 0 Å². The Morgan fingerprint density at radius 1 is 0.684 bits per heavy atom. The van der Waals surface area contributed by atoms with E-state index in [1.165, 1.54) is 24.3 Å². The highest BCUT2D eigenvalue weighted by molar-refractivity contribution is 5.50. The van der Waals surface area contributed by atoms with Crippen LogP contribution in [-0.4, -0.2) is 20.4 Å². The summed E-state index contributed by atoms with van der Waals surface area (Å²) in [4.78, 5) is 0. The zero-order valence-electron chi connectivity index (χ0n) is 11.2. The van der Waals surface area contributed by atoms with Crippen LogP contribution in [0, 0.1) is 20.8 Å². The largest absolute Gasteiger partial charge is 0.508 e. The molecule has 0 aliphatic heterocycles. The smallest absolute Gasteiger partial charge is 0.121 e. The number of aromatic hydroxyl groups is 4. The van der Waals surface area contributed by atoms with Crippen molar-refractivity contribution in [2.45, 2.75) is 20.8 Å². The highest BCUT2D eigenvalue weighted by Gasteiger charge is 2.06. The maximum Gasteiger partial charge on any atom is 0.121 e. The number of hydrogen-bond acceptors (Lipinski definition) is 4. The second kappa shape index (κ2) is 6.00. The predicted molar refractivity (Wildman–Crippen MR) is 73.8 cm³/mol. The van der Waals surface area contributed by atoms with Gasteiger partial charge in [-0.25, -0.2) is 0 Å². The molecule has 0 saturated carbocycles. The first-order valence-corrected chi connectivity index (χ1v) is 5.79. The van der Waals surface area contributed by atoms with E-state index < -0.39 is 0 Å². The maximum absolute atomic E-state index is 9.40. The molecule has 0 bridgehead atoms. The molecule has 102 valence electrons. The van der Waals surface area contributed by atoms with Crippen molar-refractivity contribution in [1.29, 1.82) is 0 Å². The average Bonchev–Trinajstić information content (AvgIpc) is 2.38. The lowest BCUT2D eigenvalue weighted by atomic mass is 10.0. The predicted octanol–water partition coefficient (Wildman–Crippen LogP) is 3.12. The zero-order valence-corrected chi connectivity index (χ0v) is 11.2. The molecule has 0 fully saturated rings. The van der Waals surface area contributed by atoms with Crippen molar-refractivity contribution in [3.63, 3.8) is 0 Å². The Hall–Kier alpha value is -2.36. The van der Waals surface area contributed by atoms with Gasteiger partial charge in [-0.3, -0.25) is 0 Å². The standard InChI is InChI=1S/C9H12O2.C6H6O2/c1-5-4-8(10)6(2)7(3)9(5)11;7-5-1-2-6(8)4-3-5/h4,10-11H,1-3H3;1-4,7-8H. The minimum atomic E-state index is 0.169. The van der Waals surface area contributed by atoms with Crippen LogP contribution >= 0.6 is 0 Å². The summed E-state index contributed by atoms with van der Waals surface area (Å²) in [7, 11) is 0. The lowest BCUT2D eigenvalue weighted by Gasteiger charge is -2.07. The van der Waals surface area contributed by atoms with Gasteiger partial charge < -0.3 is 20.4 Å². The molecule has 0 spiro atoms. The Balaban J connectivity index is 0.000000200. The summed E-state index contributed by atoms with van der Waals surface area (Å²) in [5, 5.41) is 36.0. The van der Waals surface area contributed by atoms with E-state index >= 15 is 0 Å². The lowest BCUT2D eigenvalue weighted by Crippen LogP contribution is -1.85. The van der Waals surface area contributed by atoms with Crippen LogP contribution in [0.4, 0.5) is 0 Å². The Bertz CT molecular complexity index is 512. The molecular formula is C15H18O4. The average molecular weight is 262 g/mol. The monoisotopic (exact) mass is 262 g/mol. The highest BCUT2D eigenvalue weighted by atomic mass is 16.3. The van der Waals surface area contributed by atoms with Crippen molar-refractivity contribution in [3.8, 4) is 23.0 Å². The van der Waals surface area contributed by atoms with Crippen LogP contribution in [0.5, 0.6) is 23.0 Å². The maximum atomic E-state index is 9.40. The third kappa shape index (κ3) is 3.81. The van der Waals surface area contributed by atoms with E-state index in [-0.39, 0.29) is 23.0 Å². The topological polar surface area (TPSA) is 80.9 Å². The van der Waals surface area contributed by atoms with E-state index in [9.17, 15) is 10.2 Å². The number of phenolic OH excluding ortho intramolecular Hbond substituents is 4. The summed E-state index contributed by atoms with van der Waals surface area (Å²) in [6.45, 7) is 5.34. The van der Waals surface area contributed by atoms with Crippen molar-refractivity contribution >= 4 is 0 Å². The van der Waals surface area contributed by atoms with Gasteiger partial charge in [-0.2, -0.15) is 0 Å². The van der Waals surface area contributed by atoms with Crippen LogP contribution in [-0.2, 0) is 0 Å². The Kier molecular flexibility index (Phi) is 4.64. The molecule has 0 saturated heterocycles. The summed E-state index contributed by atoms with van der Waals surface area (Å²) in [6.07, 6.45) is 0. The van der Waals surface area contributed by atoms with Gasteiger partial charge in [-0.05, 0) is 67.8 Å². The van der Waals surface area contributed by atoms with E-state index in [0.717, 1.165) is 11.1 Å². The van der Waals surface area contributed by atoms with Crippen molar-refractivity contribution in [2.24, 2.45) is 0 Å². The van der Waals surface area contributed by atoms with Crippen LogP contribution in [0.2, 0.25) is 0 Å². The fraction of sp³-hybridized carbons (Fsp3) is 0.200. The molecule has 4 N–H and O–H groups in total. The molecule has 4 heteroatoms. The van der Waals surface area contributed by atoms with E-state index in [1.54, 1.807) is 26.8 Å². The molecule has 0 aliphatic carbocycles. The minimum absolute atomic E-state index is 0.169. The minimum Gasteiger partial charge on any atom is -0.508 e. The van der Waals surface area contributed by atoms with Crippen LogP contribution in [0.3, 0.4) is 0 Å². The van der Waals surface area contributed by atoms with Gasteiger partial charge in [-0.1, -0.05) is 0 Å². The van der Waals surface area contributed by atoms with Crippen molar-refractivity contribution in [3.05, 3.63) is 47.0 Å². The summed E-state index contributed by atoms with van der Waals surface area (Å²) >= 11 is 0. The first-order valence-electron chi connectivity index (χ1n) is 5.79. The molecule has 0 amide bonds. The molecule has 0 unspecified atom stereocenters. The molecule has 2 rings (SSSR count). The number of aryl methyl sites for hydroxylation is 1. The molecule has 0 heterocycles. The summed E-state index contributed by atoms with van der Waals surface area (Å²) in [5.41, 5.74) is 2.21. The van der Waals surface area contributed by atoms with Gasteiger partial charge in [0.1, 0.15) is 23.0 Å². The van der Waals surface area contributed by atoms with Crippen LogP contribution in [0.15, 0.2) is 30.3 Å². The highest BCUT2D eigenvalue weighted by Crippen LogP contribution is 2.30. The Morgan fingerprint density at radius 2 is 1.11 bits per heavy atom. The van der Waals surface area contributed by atoms with Crippen LogP contribution in [0.25, 0.3) is 0 Å². The van der Waals surface area contributed by atoms with E-state index in [4.69, 9.17) is 10.2 Å². The van der Waals surface area contributed by atoms with Crippen LogP contribution in [0.1, 0.15) is 16.7 Å². The van der Waals surface area contributed by atoms with Crippen molar-refractivity contribution < 1.29 is 20.4 Å². The quantitative estimate of drug-likeness (QED) is 0.550. The molecule has 2 aromatic carbocycles. The van der Waals surface area contributed by atoms with E-state index in [2.05, 4.69) is 0 Å². The molecule has 0 aromatic heterocycles. The summed E-state index contributed by atoms with van der Waals surface area (Å²) in [5.74, 6) is 0.865. The van der Waals surface area contributed by atoms with Crippen molar-refractivity contribution in [1.82, 2.24) is 0 Å². The number of rotatable bonds is 0. The summed E-state index contributed by atoms with van der Waals surface area (Å²) < 4.78 is 0. The number of phenols is 4. The molecule has 0 aliphatic rings. The van der Waals surface area contributed by atoms with Gasteiger partial charge in [0.2, 0.25) is 0 Å². The fourth-order valence-corrected chi connectivity index (χ4v) is 1.50. The SMILES string of the molecule is Cc1cc(O)c(C)c(C)c1O.Oc1ccc(O)cc1. The summed E-state index contributed by atoms with van der Waals surface area (Å²) in [6, 6.07) is 7.27. The third-order valence-corrected chi connectivity index (χ3v) is 2.88. The second-order valence-corrected chi connectivity index (χ2v) is 4.33. The number of benzene rings is 2. The molecule has 4 nitrogen and oxygen atoms in total. The lowest BCUT2D eigenvalue weighted by molar-refractivity contribution is 0.449. The van der Waals surface area contributed by atoms with E-state index in [0.29, 0.717) is 5.56 Å². The van der Waals surface area contributed by atoms with E-state index in [1.807, 2.05) is 0 Å². The zero-order chi connectivity index (χ0) is 14.6. The third-order valence-electron chi connectivity index (χ3n) is 2.88. The molecule has 0 atom stereocenters. The molecule has 2 aromatic rings. The second-order valence-electron chi connectivity index (χ2n) is 4.33.